The average molecular weight is 566 g/mol. The summed E-state index contributed by atoms with van der Waals surface area (Å²) in [5, 5.41) is 1.06. The lowest BCUT2D eigenvalue weighted by atomic mass is 9.96. The second-order valence-corrected chi connectivity index (χ2v) is 10.1. The first-order valence-electron chi connectivity index (χ1n) is 14.0. The molecular weight excluding hydrogens is 530 g/mol. The molecule has 0 spiro atoms. The van der Waals surface area contributed by atoms with E-state index in [2.05, 4.69) is 64.0 Å². The van der Waals surface area contributed by atoms with E-state index in [-0.39, 0.29) is 6.61 Å². The zero-order valence-electron chi connectivity index (χ0n) is 24.3. The number of esters is 1. The molecule has 0 aliphatic carbocycles. The molecule has 1 aliphatic rings. The Labute approximate surface area is 246 Å². The van der Waals surface area contributed by atoms with Crippen LogP contribution in [0.1, 0.15) is 28.0 Å². The predicted molar refractivity (Wildman–Crippen MR) is 163 cm³/mol. The third kappa shape index (κ3) is 7.61. The van der Waals surface area contributed by atoms with Gasteiger partial charge in [0.15, 0.2) is 6.61 Å². The molecule has 1 aliphatic heterocycles. The summed E-state index contributed by atoms with van der Waals surface area (Å²) in [6, 6.07) is 22.1. The highest BCUT2D eigenvalue weighted by Gasteiger charge is 2.11. The molecule has 2 heterocycles. The predicted octanol–water partition coefficient (Wildman–Crippen LogP) is 5.80. The zero-order valence-corrected chi connectivity index (χ0v) is 24.3. The zero-order chi connectivity index (χ0) is 29.3. The summed E-state index contributed by atoms with van der Waals surface area (Å²) < 4.78 is 27.5. The molecule has 1 fully saturated rings. The van der Waals surface area contributed by atoms with Gasteiger partial charge in [0.05, 0.1) is 26.9 Å². The van der Waals surface area contributed by atoms with E-state index in [1.165, 1.54) is 7.11 Å². The summed E-state index contributed by atoms with van der Waals surface area (Å²) in [6.45, 7) is 8.24. The Hall–Kier alpha value is -4.51. The van der Waals surface area contributed by atoms with E-state index in [0.717, 1.165) is 77.4 Å². The second-order valence-electron chi connectivity index (χ2n) is 10.1. The highest BCUT2D eigenvalue weighted by molar-refractivity contribution is 5.87. The Morgan fingerprint density at radius 2 is 1.74 bits per heavy atom. The Bertz CT molecular complexity index is 1620. The standard InChI is InChI=1S/C35H35NO6/c1-25-21-31(11-13-33(25)41-24-35(37)38-3)40-18-14-32(29-10-12-34-30(23-29)22-26(2)42-34)28-8-6-27(7-9-28)5-4-15-36-16-19-39-20-17-36/h6-14,21-23H,15-20,24H2,1-3H3/b32-14+. The lowest BCUT2D eigenvalue weighted by molar-refractivity contribution is -0.142. The SMILES string of the molecule is COC(=O)COc1ccc(OC/C=C(\c2ccc(C#CCN3CCOCC3)cc2)c2ccc3oc(C)cc3c2)cc1C. The number of furan rings is 1. The second kappa shape index (κ2) is 13.9. The minimum absolute atomic E-state index is 0.136. The fraction of sp³-hybridized carbons (Fsp3) is 0.286. The molecule has 216 valence electrons. The van der Waals surface area contributed by atoms with Crippen LogP contribution in [0, 0.1) is 25.7 Å². The quantitative estimate of drug-likeness (QED) is 0.188. The molecule has 0 atom stereocenters. The van der Waals surface area contributed by atoms with Crippen molar-refractivity contribution >= 4 is 22.5 Å². The highest BCUT2D eigenvalue weighted by atomic mass is 16.6. The summed E-state index contributed by atoms with van der Waals surface area (Å²) in [4.78, 5) is 13.7. The van der Waals surface area contributed by atoms with Crippen molar-refractivity contribution in [3.8, 4) is 23.3 Å². The van der Waals surface area contributed by atoms with Crippen molar-refractivity contribution in [3.63, 3.8) is 0 Å². The fourth-order valence-corrected chi connectivity index (χ4v) is 4.78. The molecule has 7 nitrogen and oxygen atoms in total. The van der Waals surface area contributed by atoms with Gasteiger partial charge < -0.3 is 23.4 Å². The van der Waals surface area contributed by atoms with Crippen LogP contribution in [0.2, 0.25) is 0 Å². The van der Waals surface area contributed by atoms with Crippen LogP contribution in [0.5, 0.6) is 11.5 Å². The third-order valence-electron chi connectivity index (χ3n) is 7.04. The van der Waals surface area contributed by atoms with Crippen LogP contribution in [0.15, 0.2) is 77.2 Å². The number of ether oxygens (including phenoxy) is 4. The Balaban J connectivity index is 1.33. The molecule has 0 radical (unpaired) electrons. The van der Waals surface area contributed by atoms with E-state index in [9.17, 15) is 4.79 Å². The van der Waals surface area contributed by atoms with Gasteiger partial charge in [-0.25, -0.2) is 4.79 Å². The average Bonchev–Trinajstić information content (AvgIpc) is 3.39. The summed E-state index contributed by atoms with van der Waals surface area (Å²) >= 11 is 0. The minimum Gasteiger partial charge on any atom is -0.489 e. The van der Waals surface area contributed by atoms with E-state index >= 15 is 0 Å². The van der Waals surface area contributed by atoms with Crippen molar-refractivity contribution < 1.29 is 28.2 Å². The third-order valence-corrected chi connectivity index (χ3v) is 7.04. The van der Waals surface area contributed by atoms with Gasteiger partial charge in [-0.3, -0.25) is 4.90 Å². The number of hydrogen-bond donors (Lipinski definition) is 0. The van der Waals surface area contributed by atoms with Crippen LogP contribution < -0.4 is 9.47 Å². The normalized spacial score (nSPS) is 13.8. The molecule has 3 aromatic carbocycles. The number of nitrogens with zero attached hydrogens (tertiary/aromatic N) is 1. The number of carbonyl (C=O) groups excluding carboxylic acids is 1. The molecule has 0 amide bonds. The number of methoxy groups -OCH3 is 1. The first-order chi connectivity index (χ1) is 20.5. The smallest absolute Gasteiger partial charge is 0.343 e. The van der Waals surface area contributed by atoms with Crippen molar-refractivity contribution in [2.45, 2.75) is 13.8 Å². The lowest BCUT2D eigenvalue weighted by Crippen LogP contribution is -2.36. The molecule has 5 rings (SSSR count). The number of fused-ring (bicyclic) bond motifs is 1. The molecular formula is C35H35NO6. The summed E-state index contributed by atoms with van der Waals surface area (Å²) in [5.74, 6) is 8.36. The van der Waals surface area contributed by atoms with Crippen LogP contribution >= 0.6 is 0 Å². The van der Waals surface area contributed by atoms with E-state index in [1.54, 1.807) is 6.07 Å². The molecule has 1 saturated heterocycles. The van der Waals surface area contributed by atoms with Crippen molar-refractivity contribution in [2.75, 3.05) is 53.2 Å². The number of aryl methyl sites for hydroxylation is 2. The molecule has 1 aromatic heterocycles. The maximum absolute atomic E-state index is 11.4. The number of benzene rings is 3. The summed E-state index contributed by atoms with van der Waals surface area (Å²) in [6.07, 6.45) is 2.09. The first kappa shape index (κ1) is 29.0. The Morgan fingerprint density at radius 1 is 0.952 bits per heavy atom. The van der Waals surface area contributed by atoms with Gasteiger partial charge in [-0.1, -0.05) is 30.0 Å². The van der Waals surface area contributed by atoms with Gasteiger partial charge >= 0.3 is 5.97 Å². The molecule has 7 heteroatoms. The van der Waals surface area contributed by atoms with E-state index in [0.29, 0.717) is 18.1 Å². The first-order valence-corrected chi connectivity index (χ1v) is 14.0. The molecule has 0 unspecified atom stereocenters. The van der Waals surface area contributed by atoms with E-state index < -0.39 is 5.97 Å². The van der Waals surface area contributed by atoms with Crippen LogP contribution in [0.25, 0.3) is 16.5 Å². The van der Waals surface area contributed by atoms with Gasteiger partial charge in [-0.15, -0.1) is 0 Å². The number of carbonyl (C=O) groups is 1. The fourth-order valence-electron chi connectivity index (χ4n) is 4.78. The van der Waals surface area contributed by atoms with Crippen LogP contribution in [0.4, 0.5) is 0 Å². The van der Waals surface area contributed by atoms with Crippen molar-refractivity contribution in [1.82, 2.24) is 4.90 Å². The minimum atomic E-state index is -0.427. The van der Waals surface area contributed by atoms with Crippen molar-refractivity contribution in [1.29, 1.82) is 0 Å². The number of rotatable bonds is 9. The van der Waals surface area contributed by atoms with Gasteiger partial charge in [0.1, 0.15) is 29.4 Å². The van der Waals surface area contributed by atoms with Gasteiger partial charge in [0.2, 0.25) is 0 Å². The van der Waals surface area contributed by atoms with Gasteiger partial charge in [-0.2, -0.15) is 0 Å². The van der Waals surface area contributed by atoms with Crippen LogP contribution in [0.3, 0.4) is 0 Å². The Kier molecular flexibility index (Phi) is 9.60. The largest absolute Gasteiger partial charge is 0.489 e. The topological polar surface area (TPSA) is 70.4 Å². The van der Waals surface area contributed by atoms with E-state index in [4.69, 9.17) is 18.6 Å². The molecule has 0 N–H and O–H groups in total. The van der Waals surface area contributed by atoms with Gasteiger partial charge in [0, 0.05) is 24.0 Å². The lowest BCUT2D eigenvalue weighted by Gasteiger charge is -2.24. The molecule has 42 heavy (non-hydrogen) atoms. The van der Waals surface area contributed by atoms with Crippen LogP contribution in [-0.2, 0) is 14.3 Å². The van der Waals surface area contributed by atoms with Crippen molar-refractivity contribution in [3.05, 3.63) is 101 Å². The maximum atomic E-state index is 11.4. The molecule has 4 aromatic rings. The molecule has 0 saturated carbocycles. The summed E-state index contributed by atoms with van der Waals surface area (Å²) in [7, 11) is 1.34. The van der Waals surface area contributed by atoms with Gasteiger partial charge in [-0.05, 0) is 90.7 Å². The summed E-state index contributed by atoms with van der Waals surface area (Å²) in [5.41, 5.74) is 5.90. The number of hydrogen-bond acceptors (Lipinski definition) is 7. The monoisotopic (exact) mass is 565 g/mol. The Morgan fingerprint density at radius 3 is 2.50 bits per heavy atom. The molecule has 0 bridgehead atoms. The van der Waals surface area contributed by atoms with Crippen molar-refractivity contribution in [2.24, 2.45) is 0 Å². The number of morpholine rings is 1. The maximum Gasteiger partial charge on any atom is 0.343 e. The van der Waals surface area contributed by atoms with Crippen LogP contribution in [-0.4, -0.2) is 64.0 Å². The van der Waals surface area contributed by atoms with E-state index in [1.807, 2.05) is 38.1 Å². The highest BCUT2D eigenvalue weighted by Crippen LogP contribution is 2.29. The van der Waals surface area contributed by atoms with Gasteiger partial charge in [0.25, 0.3) is 0 Å².